The van der Waals surface area contributed by atoms with Crippen LogP contribution in [0, 0.1) is 0 Å². The quantitative estimate of drug-likeness (QED) is 0.363. The standard InChI is InChI=1S/C25H21N5O2/c1-32-20-10-4-7-17(12-20)25(31)29-19-9-5-8-18(14-19)28-23-21-13-16-6-2-3-11-22(16)30-24(21)27-15-26-23/h2-12,14-15H,13H2,1H3,(H,29,31)(H2,26,27,28,30). The van der Waals surface area contributed by atoms with Crippen LogP contribution in [0.1, 0.15) is 21.5 Å². The Kier molecular flexibility index (Phi) is 5.13. The fourth-order valence-corrected chi connectivity index (χ4v) is 3.69. The lowest BCUT2D eigenvalue weighted by atomic mass is 10.00. The topological polar surface area (TPSA) is 88.2 Å². The maximum Gasteiger partial charge on any atom is 0.255 e. The van der Waals surface area contributed by atoms with Gasteiger partial charge in [0, 0.05) is 34.6 Å². The van der Waals surface area contributed by atoms with Gasteiger partial charge in [-0.2, -0.15) is 0 Å². The van der Waals surface area contributed by atoms with E-state index in [4.69, 9.17) is 4.74 Å². The molecule has 32 heavy (non-hydrogen) atoms. The number of amides is 1. The summed E-state index contributed by atoms with van der Waals surface area (Å²) in [6.45, 7) is 0. The van der Waals surface area contributed by atoms with Crippen molar-refractivity contribution in [3.8, 4) is 5.75 Å². The van der Waals surface area contributed by atoms with Crippen molar-refractivity contribution in [2.75, 3.05) is 23.1 Å². The molecule has 3 aromatic carbocycles. The zero-order chi connectivity index (χ0) is 21.9. The highest BCUT2D eigenvalue weighted by atomic mass is 16.5. The SMILES string of the molecule is COc1cccc(C(=O)Nc2cccc(Nc3ncnc4c3Cc3ccccc3N4)c2)c1. The Bertz CT molecular complexity index is 1310. The summed E-state index contributed by atoms with van der Waals surface area (Å²) in [4.78, 5) is 21.5. The predicted octanol–water partition coefficient (Wildman–Crippen LogP) is 5.13. The summed E-state index contributed by atoms with van der Waals surface area (Å²) in [7, 11) is 1.58. The molecule has 158 valence electrons. The van der Waals surface area contributed by atoms with E-state index in [9.17, 15) is 4.79 Å². The second kappa shape index (κ2) is 8.39. The van der Waals surface area contributed by atoms with Gasteiger partial charge in [0.15, 0.2) is 0 Å². The highest BCUT2D eigenvalue weighted by molar-refractivity contribution is 6.04. The molecule has 0 aliphatic carbocycles. The molecule has 0 saturated heterocycles. The number of ether oxygens (including phenoxy) is 1. The lowest BCUT2D eigenvalue weighted by Gasteiger charge is -2.22. The lowest BCUT2D eigenvalue weighted by molar-refractivity contribution is 0.102. The van der Waals surface area contributed by atoms with Crippen LogP contribution in [-0.4, -0.2) is 23.0 Å². The zero-order valence-corrected chi connectivity index (χ0v) is 17.4. The molecule has 0 fully saturated rings. The zero-order valence-electron chi connectivity index (χ0n) is 17.4. The van der Waals surface area contributed by atoms with Crippen molar-refractivity contribution in [3.05, 3.63) is 95.8 Å². The molecule has 7 heteroatoms. The first-order chi connectivity index (χ1) is 15.7. The first-order valence-electron chi connectivity index (χ1n) is 10.2. The van der Waals surface area contributed by atoms with Gasteiger partial charge in [-0.1, -0.05) is 30.3 Å². The first kappa shape index (κ1) is 19.6. The molecule has 1 aliphatic rings. The van der Waals surface area contributed by atoms with Crippen molar-refractivity contribution in [1.82, 2.24) is 9.97 Å². The Labute approximate surface area is 185 Å². The van der Waals surface area contributed by atoms with E-state index in [1.54, 1.807) is 31.4 Å². The number of hydrogen-bond donors (Lipinski definition) is 3. The van der Waals surface area contributed by atoms with Gasteiger partial charge in [0.1, 0.15) is 23.7 Å². The van der Waals surface area contributed by atoms with Crippen LogP contribution in [0.3, 0.4) is 0 Å². The predicted molar refractivity (Wildman–Crippen MR) is 125 cm³/mol. The molecule has 0 radical (unpaired) electrons. The van der Waals surface area contributed by atoms with Crippen LogP contribution in [0.4, 0.5) is 28.7 Å². The van der Waals surface area contributed by atoms with Crippen molar-refractivity contribution in [2.24, 2.45) is 0 Å². The summed E-state index contributed by atoms with van der Waals surface area (Å²) < 4.78 is 5.20. The minimum Gasteiger partial charge on any atom is -0.497 e. The number of methoxy groups -OCH3 is 1. The Balaban J connectivity index is 1.36. The molecule has 0 atom stereocenters. The molecule has 5 rings (SSSR count). The number of aromatic nitrogens is 2. The summed E-state index contributed by atoms with van der Waals surface area (Å²) >= 11 is 0. The lowest BCUT2D eigenvalue weighted by Crippen LogP contribution is -2.13. The van der Waals surface area contributed by atoms with Gasteiger partial charge < -0.3 is 20.7 Å². The fourth-order valence-electron chi connectivity index (χ4n) is 3.69. The van der Waals surface area contributed by atoms with Gasteiger partial charge in [-0.15, -0.1) is 0 Å². The van der Waals surface area contributed by atoms with Gasteiger partial charge in [-0.05, 0) is 48.0 Å². The molecule has 7 nitrogen and oxygen atoms in total. The van der Waals surface area contributed by atoms with E-state index in [1.165, 1.54) is 11.9 Å². The number of benzene rings is 3. The maximum absolute atomic E-state index is 12.6. The Morgan fingerprint density at radius 2 is 1.81 bits per heavy atom. The molecule has 2 heterocycles. The maximum atomic E-state index is 12.6. The number of carbonyl (C=O) groups is 1. The van der Waals surface area contributed by atoms with Crippen LogP contribution in [0.25, 0.3) is 0 Å². The number of nitrogens with one attached hydrogen (secondary N) is 3. The van der Waals surface area contributed by atoms with Gasteiger partial charge >= 0.3 is 0 Å². The summed E-state index contributed by atoms with van der Waals surface area (Å²) in [6.07, 6.45) is 2.27. The highest BCUT2D eigenvalue weighted by Crippen LogP contribution is 2.35. The number of rotatable bonds is 5. The molecule has 0 spiro atoms. The van der Waals surface area contributed by atoms with Crippen molar-refractivity contribution < 1.29 is 9.53 Å². The van der Waals surface area contributed by atoms with E-state index in [0.717, 1.165) is 35.0 Å². The van der Waals surface area contributed by atoms with Crippen molar-refractivity contribution in [1.29, 1.82) is 0 Å². The molecule has 0 saturated carbocycles. The summed E-state index contributed by atoms with van der Waals surface area (Å²) in [5.41, 5.74) is 5.26. The molecular weight excluding hydrogens is 402 g/mol. The third kappa shape index (κ3) is 3.96. The number of para-hydroxylation sites is 1. The van der Waals surface area contributed by atoms with E-state index in [1.807, 2.05) is 42.5 Å². The molecule has 4 aromatic rings. The third-order valence-electron chi connectivity index (χ3n) is 5.30. The summed E-state index contributed by atoms with van der Waals surface area (Å²) in [6, 6.07) is 22.7. The number of fused-ring (bicyclic) bond motifs is 2. The fraction of sp³-hybridized carbons (Fsp3) is 0.0800. The van der Waals surface area contributed by atoms with Crippen molar-refractivity contribution in [2.45, 2.75) is 6.42 Å². The van der Waals surface area contributed by atoms with E-state index >= 15 is 0 Å². The van der Waals surface area contributed by atoms with Crippen molar-refractivity contribution in [3.63, 3.8) is 0 Å². The normalized spacial score (nSPS) is 11.5. The van der Waals surface area contributed by atoms with E-state index in [0.29, 0.717) is 17.0 Å². The molecule has 1 amide bonds. The average Bonchev–Trinajstić information content (AvgIpc) is 2.83. The van der Waals surface area contributed by atoms with Gasteiger partial charge in [0.05, 0.1) is 7.11 Å². The van der Waals surface area contributed by atoms with E-state index < -0.39 is 0 Å². The molecule has 0 bridgehead atoms. The highest BCUT2D eigenvalue weighted by Gasteiger charge is 2.19. The smallest absolute Gasteiger partial charge is 0.255 e. The van der Waals surface area contributed by atoms with E-state index in [2.05, 4.69) is 32.0 Å². The number of hydrogen-bond acceptors (Lipinski definition) is 6. The minimum absolute atomic E-state index is 0.207. The van der Waals surface area contributed by atoms with Crippen LogP contribution in [0.15, 0.2) is 79.1 Å². The Hall–Kier alpha value is -4.39. The number of carbonyl (C=O) groups excluding carboxylic acids is 1. The number of nitrogens with zero attached hydrogens (tertiary/aromatic N) is 2. The van der Waals surface area contributed by atoms with Gasteiger partial charge in [0.25, 0.3) is 5.91 Å². The van der Waals surface area contributed by atoms with Crippen LogP contribution >= 0.6 is 0 Å². The Morgan fingerprint density at radius 3 is 2.72 bits per heavy atom. The summed E-state index contributed by atoms with van der Waals surface area (Å²) in [5.74, 6) is 1.95. The third-order valence-corrected chi connectivity index (χ3v) is 5.30. The molecule has 1 aliphatic heterocycles. The first-order valence-corrected chi connectivity index (χ1v) is 10.2. The molecule has 0 unspecified atom stereocenters. The minimum atomic E-state index is -0.207. The van der Waals surface area contributed by atoms with Crippen LogP contribution < -0.4 is 20.7 Å². The largest absolute Gasteiger partial charge is 0.497 e. The second-order valence-electron chi connectivity index (χ2n) is 7.40. The summed E-state index contributed by atoms with van der Waals surface area (Å²) in [5, 5.41) is 9.68. The second-order valence-corrected chi connectivity index (χ2v) is 7.40. The Morgan fingerprint density at radius 1 is 0.969 bits per heavy atom. The molecule has 3 N–H and O–H groups in total. The van der Waals surface area contributed by atoms with Gasteiger partial charge in [0.2, 0.25) is 0 Å². The average molecular weight is 423 g/mol. The van der Waals surface area contributed by atoms with Crippen molar-refractivity contribution >= 4 is 34.6 Å². The van der Waals surface area contributed by atoms with Crippen LogP contribution in [-0.2, 0) is 6.42 Å². The monoisotopic (exact) mass is 423 g/mol. The van der Waals surface area contributed by atoms with Gasteiger partial charge in [-0.3, -0.25) is 4.79 Å². The van der Waals surface area contributed by atoms with Gasteiger partial charge in [-0.25, -0.2) is 9.97 Å². The van der Waals surface area contributed by atoms with E-state index in [-0.39, 0.29) is 5.91 Å². The number of anilines is 5. The molecular formula is C25H21N5O2. The van der Waals surface area contributed by atoms with Crippen LogP contribution in [0.5, 0.6) is 5.75 Å². The van der Waals surface area contributed by atoms with Crippen LogP contribution in [0.2, 0.25) is 0 Å². The molecule has 1 aromatic heterocycles.